The van der Waals surface area contributed by atoms with Crippen LogP contribution < -0.4 is 5.73 Å². The number of benzene rings is 2. The lowest BCUT2D eigenvalue weighted by Gasteiger charge is -2.01. The van der Waals surface area contributed by atoms with Crippen molar-refractivity contribution in [2.24, 2.45) is 0 Å². The smallest absolute Gasteiger partial charge is 0.236 e. The summed E-state index contributed by atoms with van der Waals surface area (Å²) in [6.07, 6.45) is 0. The highest BCUT2D eigenvalue weighted by Crippen LogP contribution is 2.12. The summed E-state index contributed by atoms with van der Waals surface area (Å²) < 4.78 is 0. The Bertz CT molecular complexity index is 690. The first-order chi connectivity index (χ1) is 9.08. The van der Waals surface area contributed by atoms with E-state index in [4.69, 9.17) is 5.73 Å². The molecular formula is C17H15NO. The predicted molar refractivity (Wildman–Crippen MR) is 78.0 cm³/mol. The Hall–Kier alpha value is -2.53. The van der Waals surface area contributed by atoms with Crippen molar-refractivity contribution in [1.29, 1.82) is 0 Å². The van der Waals surface area contributed by atoms with Gasteiger partial charge in [-0.2, -0.15) is 0 Å². The number of anilines is 1. The van der Waals surface area contributed by atoms with Crippen molar-refractivity contribution in [3.63, 3.8) is 0 Å². The fourth-order valence-electron chi connectivity index (χ4n) is 1.87. The van der Waals surface area contributed by atoms with Gasteiger partial charge in [-0.25, -0.2) is 0 Å². The lowest BCUT2D eigenvalue weighted by atomic mass is 10.0. The van der Waals surface area contributed by atoms with Crippen LogP contribution >= 0.6 is 0 Å². The minimum Gasteiger partial charge on any atom is -0.398 e. The van der Waals surface area contributed by atoms with Gasteiger partial charge in [0.15, 0.2) is 0 Å². The van der Waals surface area contributed by atoms with Crippen LogP contribution in [0.5, 0.6) is 0 Å². The van der Waals surface area contributed by atoms with Gasteiger partial charge >= 0.3 is 0 Å². The molecule has 0 aliphatic carbocycles. The van der Waals surface area contributed by atoms with Gasteiger partial charge in [-0.15, -0.1) is 0 Å². The van der Waals surface area contributed by atoms with Crippen LogP contribution in [0.15, 0.2) is 42.5 Å². The molecule has 0 heterocycles. The fourth-order valence-corrected chi connectivity index (χ4v) is 1.87. The summed E-state index contributed by atoms with van der Waals surface area (Å²) in [5.41, 5.74) is 9.77. The number of rotatable bonds is 1. The number of ketones is 1. The molecule has 0 bridgehead atoms. The van der Waals surface area contributed by atoms with E-state index in [9.17, 15) is 4.79 Å². The highest BCUT2D eigenvalue weighted by molar-refractivity contribution is 6.10. The van der Waals surface area contributed by atoms with Crippen LogP contribution in [0.3, 0.4) is 0 Å². The summed E-state index contributed by atoms with van der Waals surface area (Å²) in [5.74, 6) is 5.30. The second kappa shape index (κ2) is 5.41. The maximum Gasteiger partial charge on any atom is 0.236 e. The van der Waals surface area contributed by atoms with Gasteiger partial charge in [-0.05, 0) is 43.5 Å². The van der Waals surface area contributed by atoms with Crippen molar-refractivity contribution in [3.8, 4) is 11.8 Å². The minimum atomic E-state index is -0.180. The maximum absolute atomic E-state index is 12.0. The summed E-state index contributed by atoms with van der Waals surface area (Å²) in [5, 5.41) is 0. The number of carbonyl (C=O) groups is 1. The molecule has 0 fully saturated rings. The molecule has 0 atom stereocenters. The lowest BCUT2D eigenvalue weighted by molar-refractivity contribution is 0.105. The normalized spacial score (nSPS) is 9.58. The highest BCUT2D eigenvalue weighted by Gasteiger charge is 2.05. The van der Waals surface area contributed by atoms with Crippen LogP contribution in [-0.4, -0.2) is 5.78 Å². The first kappa shape index (κ1) is 12.9. The van der Waals surface area contributed by atoms with Gasteiger partial charge in [0.1, 0.15) is 0 Å². The fraction of sp³-hybridized carbons (Fsp3) is 0.118. The Morgan fingerprint density at radius 2 is 1.84 bits per heavy atom. The lowest BCUT2D eigenvalue weighted by Crippen LogP contribution is -1.99. The molecule has 2 N–H and O–H groups in total. The summed E-state index contributed by atoms with van der Waals surface area (Å²) in [6.45, 7) is 3.91. The van der Waals surface area contributed by atoms with E-state index in [2.05, 4.69) is 11.8 Å². The molecule has 0 aliphatic rings. The van der Waals surface area contributed by atoms with E-state index in [0.29, 0.717) is 16.8 Å². The molecule has 2 aromatic rings. The first-order valence-corrected chi connectivity index (χ1v) is 6.06. The maximum atomic E-state index is 12.0. The van der Waals surface area contributed by atoms with Crippen LogP contribution in [0.1, 0.15) is 27.0 Å². The molecule has 0 unspecified atom stereocenters. The summed E-state index contributed by atoms with van der Waals surface area (Å²) in [7, 11) is 0. The van der Waals surface area contributed by atoms with Crippen molar-refractivity contribution in [2.75, 3.05) is 5.73 Å². The monoisotopic (exact) mass is 249 g/mol. The van der Waals surface area contributed by atoms with Gasteiger partial charge < -0.3 is 5.73 Å². The SMILES string of the molecule is Cc1ccc(C(=O)C#Cc2ccccc2N)c(C)c1. The van der Waals surface area contributed by atoms with E-state index in [0.717, 1.165) is 11.1 Å². The van der Waals surface area contributed by atoms with E-state index >= 15 is 0 Å². The molecule has 0 saturated heterocycles. The molecule has 19 heavy (non-hydrogen) atoms. The van der Waals surface area contributed by atoms with Crippen molar-refractivity contribution >= 4 is 11.5 Å². The third-order valence-corrected chi connectivity index (χ3v) is 2.90. The number of nitrogen functional groups attached to an aromatic ring is 1. The topological polar surface area (TPSA) is 43.1 Å². The van der Waals surface area contributed by atoms with Crippen LogP contribution in [0.4, 0.5) is 5.69 Å². The molecule has 0 aliphatic heterocycles. The average Bonchev–Trinajstić information content (AvgIpc) is 2.37. The van der Waals surface area contributed by atoms with E-state index in [1.54, 1.807) is 12.1 Å². The van der Waals surface area contributed by atoms with Crippen molar-refractivity contribution in [2.45, 2.75) is 13.8 Å². The van der Waals surface area contributed by atoms with Gasteiger partial charge in [0.05, 0.1) is 0 Å². The number of hydrogen-bond donors (Lipinski definition) is 1. The van der Waals surface area contributed by atoms with E-state index in [1.807, 2.05) is 44.2 Å². The van der Waals surface area contributed by atoms with E-state index < -0.39 is 0 Å². The summed E-state index contributed by atoms with van der Waals surface area (Å²) in [4.78, 5) is 12.0. The largest absolute Gasteiger partial charge is 0.398 e. The average molecular weight is 249 g/mol. The van der Waals surface area contributed by atoms with Crippen LogP contribution in [0, 0.1) is 25.7 Å². The molecule has 2 nitrogen and oxygen atoms in total. The van der Waals surface area contributed by atoms with E-state index in [-0.39, 0.29) is 5.78 Å². The second-order valence-electron chi connectivity index (χ2n) is 4.48. The van der Waals surface area contributed by atoms with Crippen molar-refractivity contribution in [1.82, 2.24) is 0 Å². The zero-order valence-electron chi connectivity index (χ0n) is 11.0. The second-order valence-corrected chi connectivity index (χ2v) is 4.48. The zero-order chi connectivity index (χ0) is 13.8. The van der Waals surface area contributed by atoms with Crippen LogP contribution in [0.25, 0.3) is 0 Å². The minimum absolute atomic E-state index is 0.180. The van der Waals surface area contributed by atoms with Gasteiger partial charge in [-0.3, -0.25) is 4.79 Å². The van der Waals surface area contributed by atoms with Gasteiger partial charge in [0.25, 0.3) is 0 Å². The number of para-hydroxylation sites is 1. The van der Waals surface area contributed by atoms with Crippen LogP contribution in [-0.2, 0) is 0 Å². The molecule has 2 aromatic carbocycles. The number of carbonyl (C=O) groups excluding carboxylic acids is 1. The Kier molecular flexibility index (Phi) is 3.68. The molecule has 94 valence electrons. The van der Waals surface area contributed by atoms with Gasteiger partial charge in [0, 0.05) is 16.8 Å². The molecule has 0 aromatic heterocycles. The highest BCUT2D eigenvalue weighted by atomic mass is 16.1. The van der Waals surface area contributed by atoms with Crippen molar-refractivity contribution < 1.29 is 4.79 Å². The van der Waals surface area contributed by atoms with Crippen LogP contribution in [0.2, 0.25) is 0 Å². The number of Topliss-reactive ketones (excluding diaryl/α,β-unsaturated/α-hetero) is 1. The number of aryl methyl sites for hydroxylation is 2. The Morgan fingerprint density at radius 3 is 2.53 bits per heavy atom. The standard InChI is InChI=1S/C17H15NO/c1-12-7-9-15(13(2)11-12)17(19)10-8-14-5-3-4-6-16(14)18/h3-7,9,11H,18H2,1-2H3. The predicted octanol–water partition coefficient (Wildman–Crippen LogP) is 3.12. The molecule has 2 rings (SSSR count). The molecule has 2 heteroatoms. The quantitative estimate of drug-likeness (QED) is 0.479. The Balaban J connectivity index is 2.30. The number of hydrogen-bond acceptors (Lipinski definition) is 2. The molecular weight excluding hydrogens is 234 g/mol. The number of nitrogens with two attached hydrogens (primary N) is 1. The molecule has 0 saturated carbocycles. The molecule has 0 amide bonds. The third kappa shape index (κ3) is 3.02. The van der Waals surface area contributed by atoms with E-state index in [1.165, 1.54) is 0 Å². The van der Waals surface area contributed by atoms with Gasteiger partial charge in [-0.1, -0.05) is 35.7 Å². The first-order valence-electron chi connectivity index (χ1n) is 6.06. The Labute approximate surface area is 113 Å². The summed E-state index contributed by atoms with van der Waals surface area (Å²) >= 11 is 0. The zero-order valence-corrected chi connectivity index (χ0v) is 11.0. The summed E-state index contributed by atoms with van der Waals surface area (Å²) in [6, 6.07) is 13.0. The van der Waals surface area contributed by atoms with Gasteiger partial charge in [0.2, 0.25) is 5.78 Å². The third-order valence-electron chi connectivity index (χ3n) is 2.90. The molecule has 0 spiro atoms. The molecule has 0 radical (unpaired) electrons. The van der Waals surface area contributed by atoms with Crippen molar-refractivity contribution in [3.05, 3.63) is 64.7 Å². The Morgan fingerprint density at radius 1 is 1.11 bits per heavy atom.